The average molecular weight is 238 g/mol. The molecule has 3 nitrogen and oxygen atoms in total. The second kappa shape index (κ2) is 4.01. The summed E-state index contributed by atoms with van der Waals surface area (Å²) in [5.41, 5.74) is 1.67. The van der Waals surface area contributed by atoms with Crippen molar-refractivity contribution in [2.45, 2.75) is 5.38 Å². The van der Waals surface area contributed by atoms with Gasteiger partial charge in [0, 0.05) is 0 Å². The van der Waals surface area contributed by atoms with Crippen molar-refractivity contribution in [1.82, 2.24) is 9.97 Å². The summed E-state index contributed by atoms with van der Waals surface area (Å²) in [5.74, 6) is 0. The van der Waals surface area contributed by atoms with Crippen LogP contribution in [0.25, 0.3) is 11.0 Å². The minimum atomic E-state index is -0.866. The second-order valence-corrected chi connectivity index (χ2v) is 3.67. The number of nitrogens with zero attached hydrogens (tertiary/aromatic N) is 3. The van der Waals surface area contributed by atoms with Crippen molar-refractivity contribution in [2.24, 2.45) is 0 Å². The van der Waals surface area contributed by atoms with Gasteiger partial charge in [0.15, 0.2) is 10.5 Å². The van der Waals surface area contributed by atoms with Gasteiger partial charge in [0.05, 0.1) is 17.1 Å². The Bertz CT molecular complexity index is 548. The fraction of sp³-hybridized carbons (Fsp3) is 0.100. The molecule has 0 saturated heterocycles. The molecule has 0 bridgehead atoms. The van der Waals surface area contributed by atoms with E-state index in [0.29, 0.717) is 16.7 Å². The number of halogens is 2. The summed E-state index contributed by atoms with van der Waals surface area (Å²) in [6.07, 6.45) is 0. The molecule has 1 atom stereocenters. The van der Waals surface area contributed by atoms with Gasteiger partial charge in [-0.05, 0) is 12.1 Å². The van der Waals surface area contributed by atoms with Gasteiger partial charge < -0.3 is 0 Å². The molecular weight excluding hydrogens is 233 g/mol. The Labute approximate surface area is 96.3 Å². The Hall–Kier alpha value is -1.37. The highest BCUT2D eigenvalue weighted by Gasteiger charge is 2.14. The van der Waals surface area contributed by atoms with E-state index in [-0.39, 0.29) is 5.15 Å². The van der Waals surface area contributed by atoms with Gasteiger partial charge >= 0.3 is 0 Å². The first-order valence-electron chi connectivity index (χ1n) is 4.18. The molecule has 0 spiro atoms. The van der Waals surface area contributed by atoms with E-state index >= 15 is 0 Å². The SMILES string of the molecule is N#CC(Cl)c1nc2ccccc2nc1Cl. The van der Waals surface area contributed by atoms with Crippen LogP contribution in [0.5, 0.6) is 0 Å². The van der Waals surface area contributed by atoms with E-state index in [2.05, 4.69) is 9.97 Å². The second-order valence-electron chi connectivity index (χ2n) is 2.88. The molecule has 1 aromatic carbocycles. The zero-order valence-corrected chi connectivity index (χ0v) is 9.00. The molecule has 0 saturated carbocycles. The number of hydrogen-bond donors (Lipinski definition) is 0. The lowest BCUT2D eigenvalue weighted by molar-refractivity contribution is 1.08. The van der Waals surface area contributed by atoms with Crippen molar-refractivity contribution in [2.75, 3.05) is 0 Å². The number of para-hydroxylation sites is 2. The number of benzene rings is 1. The first-order valence-corrected chi connectivity index (χ1v) is 4.99. The first-order chi connectivity index (χ1) is 7.22. The zero-order chi connectivity index (χ0) is 10.8. The Balaban J connectivity index is 2.68. The van der Waals surface area contributed by atoms with Gasteiger partial charge in [-0.15, -0.1) is 0 Å². The van der Waals surface area contributed by atoms with Crippen LogP contribution in [0.3, 0.4) is 0 Å². The highest BCUT2D eigenvalue weighted by Crippen LogP contribution is 2.25. The van der Waals surface area contributed by atoms with Crippen molar-refractivity contribution in [1.29, 1.82) is 5.26 Å². The lowest BCUT2D eigenvalue weighted by Crippen LogP contribution is -1.96. The highest BCUT2D eigenvalue weighted by molar-refractivity contribution is 6.32. The number of aromatic nitrogens is 2. The summed E-state index contributed by atoms with van der Waals surface area (Å²) in [4.78, 5) is 8.31. The molecule has 0 aliphatic heterocycles. The maximum atomic E-state index is 8.68. The molecule has 0 aliphatic rings. The molecule has 0 N–H and O–H groups in total. The molecule has 74 valence electrons. The maximum Gasteiger partial charge on any atom is 0.165 e. The third-order valence-corrected chi connectivity index (χ3v) is 2.49. The van der Waals surface area contributed by atoms with E-state index in [0.717, 1.165) is 0 Å². The third-order valence-electron chi connectivity index (χ3n) is 1.91. The minimum Gasteiger partial charge on any atom is -0.245 e. The van der Waals surface area contributed by atoms with Crippen LogP contribution in [-0.4, -0.2) is 9.97 Å². The fourth-order valence-electron chi connectivity index (χ4n) is 1.21. The standard InChI is InChI=1S/C10H5Cl2N3/c11-6(5-13)9-10(12)15-8-4-2-1-3-7(8)14-9/h1-4,6H. The van der Waals surface area contributed by atoms with Gasteiger partial charge in [0.25, 0.3) is 0 Å². The van der Waals surface area contributed by atoms with Gasteiger partial charge in [-0.2, -0.15) is 5.26 Å². The third kappa shape index (κ3) is 1.87. The molecule has 1 aromatic heterocycles. The predicted octanol–water partition coefficient (Wildman–Crippen LogP) is 3.09. The largest absolute Gasteiger partial charge is 0.245 e. The minimum absolute atomic E-state index is 0.176. The van der Waals surface area contributed by atoms with Gasteiger partial charge in [-0.1, -0.05) is 35.3 Å². The molecular formula is C10H5Cl2N3. The van der Waals surface area contributed by atoms with Gasteiger partial charge in [0.1, 0.15) is 5.69 Å². The van der Waals surface area contributed by atoms with E-state index < -0.39 is 5.38 Å². The number of nitriles is 1. The highest BCUT2D eigenvalue weighted by atomic mass is 35.5. The fourth-order valence-corrected chi connectivity index (χ4v) is 1.66. The van der Waals surface area contributed by atoms with E-state index in [1.165, 1.54) is 0 Å². The van der Waals surface area contributed by atoms with Gasteiger partial charge in [-0.25, -0.2) is 9.97 Å². The van der Waals surface area contributed by atoms with Crippen LogP contribution in [0, 0.1) is 11.3 Å². The molecule has 1 heterocycles. The van der Waals surface area contributed by atoms with Crippen LogP contribution in [0.2, 0.25) is 5.15 Å². The van der Waals surface area contributed by atoms with Gasteiger partial charge in [-0.3, -0.25) is 0 Å². The molecule has 0 radical (unpaired) electrons. The number of hydrogen-bond acceptors (Lipinski definition) is 3. The summed E-state index contributed by atoms with van der Waals surface area (Å²) < 4.78 is 0. The van der Waals surface area contributed by atoms with Crippen molar-refractivity contribution in [3.63, 3.8) is 0 Å². The zero-order valence-electron chi connectivity index (χ0n) is 7.48. The van der Waals surface area contributed by atoms with Crippen molar-refractivity contribution >= 4 is 34.2 Å². The summed E-state index contributed by atoms with van der Waals surface area (Å²) in [6, 6.07) is 9.14. The maximum absolute atomic E-state index is 8.68. The van der Waals surface area contributed by atoms with Crippen LogP contribution in [0.15, 0.2) is 24.3 Å². The quantitative estimate of drug-likeness (QED) is 0.717. The number of fused-ring (bicyclic) bond motifs is 1. The Kier molecular flexibility index (Phi) is 2.72. The Morgan fingerprint density at radius 2 is 1.80 bits per heavy atom. The van der Waals surface area contributed by atoms with Crippen LogP contribution >= 0.6 is 23.2 Å². The monoisotopic (exact) mass is 237 g/mol. The Morgan fingerprint density at radius 3 is 2.40 bits per heavy atom. The lowest BCUT2D eigenvalue weighted by atomic mass is 10.2. The number of alkyl halides is 1. The molecule has 0 aliphatic carbocycles. The van der Waals surface area contributed by atoms with Crippen LogP contribution in [0.4, 0.5) is 0 Å². The molecule has 15 heavy (non-hydrogen) atoms. The van der Waals surface area contributed by atoms with E-state index in [1.54, 1.807) is 12.1 Å². The van der Waals surface area contributed by atoms with Crippen molar-refractivity contribution < 1.29 is 0 Å². The molecule has 2 rings (SSSR count). The summed E-state index contributed by atoms with van der Waals surface area (Å²) in [5, 5.41) is 7.99. The van der Waals surface area contributed by atoms with Gasteiger partial charge in [0.2, 0.25) is 0 Å². The summed E-state index contributed by atoms with van der Waals surface area (Å²) in [6.45, 7) is 0. The topological polar surface area (TPSA) is 49.6 Å². The lowest BCUT2D eigenvalue weighted by Gasteiger charge is -2.04. The molecule has 5 heteroatoms. The van der Waals surface area contributed by atoms with Crippen LogP contribution in [-0.2, 0) is 0 Å². The first kappa shape index (κ1) is 10.2. The van der Waals surface area contributed by atoms with Crippen LogP contribution in [0.1, 0.15) is 11.1 Å². The number of rotatable bonds is 1. The molecule has 0 fully saturated rings. The smallest absolute Gasteiger partial charge is 0.165 e. The van der Waals surface area contributed by atoms with Crippen molar-refractivity contribution in [3.8, 4) is 6.07 Å². The summed E-state index contributed by atoms with van der Waals surface area (Å²) in [7, 11) is 0. The van der Waals surface area contributed by atoms with E-state index in [1.807, 2.05) is 18.2 Å². The molecule has 2 aromatic rings. The molecule has 0 amide bonds. The average Bonchev–Trinajstić information content (AvgIpc) is 2.27. The predicted molar refractivity (Wildman–Crippen MR) is 58.8 cm³/mol. The van der Waals surface area contributed by atoms with Crippen molar-refractivity contribution in [3.05, 3.63) is 35.1 Å². The van der Waals surface area contributed by atoms with E-state index in [9.17, 15) is 0 Å². The normalized spacial score (nSPS) is 12.3. The van der Waals surface area contributed by atoms with Crippen LogP contribution < -0.4 is 0 Å². The molecule has 1 unspecified atom stereocenters. The Morgan fingerprint density at radius 1 is 1.20 bits per heavy atom. The van der Waals surface area contributed by atoms with E-state index in [4.69, 9.17) is 28.5 Å². The summed E-state index contributed by atoms with van der Waals surface area (Å²) >= 11 is 11.6.